The molecule has 0 heterocycles. The van der Waals surface area contributed by atoms with E-state index in [1.807, 2.05) is 0 Å². The Balaban J connectivity index is 2.70. The van der Waals surface area contributed by atoms with Crippen LogP contribution in [0.25, 0.3) is 0 Å². The van der Waals surface area contributed by atoms with Crippen molar-refractivity contribution in [2.75, 3.05) is 0 Å². The van der Waals surface area contributed by atoms with Gasteiger partial charge in [0.1, 0.15) is 5.78 Å². The van der Waals surface area contributed by atoms with Crippen molar-refractivity contribution >= 4 is 5.78 Å². The largest absolute Gasteiger partial charge is 0.299 e. The molecule has 1 heteroatoms. The molecular weight excluding hydrogens is 172 g/mol. The second-order valence-corrected chi connectivity index (χ2v) is 5.00. The molecule has 0 saturated heterocycles. The van der Waals surface area contributed by atoms with Crippen molar-refractivity contribution in [3.63, 3.8) is 0 Å². The molecule has 0 atom stereocenters. The van der Waals surface area contributed by atoms with Crippen molar-refractivity contribution in [2.45, 2.75) is 52.4 Å². The fraction of sp³-hybridized carbons (Fsp3) is 0.769. The topological polar surface area (TPSA) is 17.1 Å². The van der Waals surface area contributed by atoms with Crippen molar-refractivity contribution in [3.8, 4) is 0 Å². The van der Waals surface area contributed by atoms with E-state index in [0.29, 0.717) is 18.1 Å². The number of allylic oxidation sites excluding steroid dienone is 1. The summed E-state index contributed by atoms with van der Waals surface area (Å²) in [4.78, 5) is 12.0. The Hall–Kier alpha value is -0.590. The molecule has 0 bridgehead atoms. The number of hydrogen-bond donors (Lipinski definition) is 0. The van der Waals surface area contributed by atoms with Crippen LogP contribution < -0.4 is 0 Å². The monoisotopic (exact) mass is 194 g/mol. The van der Waals surface area contributed by atoms with Gasteiger partial charge in [-0.15, -0.1) is 6.58 Å². The molecule has 0 unspecified atom stereocenters. The molecular formula is C13H22O. The Kier molecular flexibility index (Phi) is 3.91. The lowest BCUT2D eigenvalue weighted by Gasteiger charge is -2.28. The predicted molar refractivity (Wildman–Crippen MR) is 60.2 cm³/mol. The first kappa shape index (κ1) is 11.5. The minimum atomic E-state index is 0.0162. The van der Waals surface area contributed by atoms with Gasteiger partial charge in [-0.05, 0) is 25.2 Å². The maximum Gasteiger partial charge on any atom is 0.142 e. The van der Waals surface area contributed by atoms with Crippen molar-refractivity contribution < 1.29 is 4.79 Å². The highest BCUT2D eigenvalue weighted by Gasteiger charge is 2.39. The van der Waals surface area contributed by atoms with Crippen molar-refractivity contribution in [1.29, 1.82) is 0 Å². The summed E-state index contributed by atoms with van der Waals surface area (Å²) < 4.78 is 0. The molecule has 1 nitrogen and oxygen atoms in total. The van der Waals surface area contributed by atoms with E-state index in [9.17, 15) is 4.79 Å². The van der Waals surface area contributed by atoms with Crippen LogP contribution in [0.2, 0.25) is 0 Å². The summed E-state index contributed by atoms with van der Waals surface area (Å²) in [5.41, 5.74) is 0.0162. The zero-order valence-corrected chi connectivity index (χ0v) is 9.51. The number of Topliss-reactive ketones (excluding diaryl/α,β-unsaturated/α-hetero) is 1. The lowest BCUT2D eigenvalue weighted by molar-refractivity contribution is -0.128. The van der Waals surface area contributed by atoms with E-state index in [1.165, 1.54) is 12.8 Å². The van der Waals surface area contributed by atoms with E-state index in [2.05, 4.69) is 20.4 Å². The summed E-state index contributed by atoms with van der Waals surface area (Å²) in [7, 11) is 0. The molecule has 0 aromatic rings. The van der Waals surface area contributed by atoms with Gasteiger partial charge in [0.25, 0.3) is 0 Å². The molecule has 0 aromatic carbocycles. The third-order valence-electron chi connectivity index (χ3n) is 3.28. The predicted octanol–water partition coefficient (Wildman–Crippen LogP) is 3.74. The average Bonchev–Trinajstić information content (AvgIpc) is 2.53. The number of carbonyl (C=O) groups is 1. The summed E-state index contributed by atoms with van der Waals surface area (Å²) in [6.07, 6.45) is 8.07. The Morgan fingerprint density at radius 2 is 2.00 bits per heavy atom. The van der Waals surface area contributed by atoms with Crippen LogP contribution in [0.1, 0.15) is 52.4 Å². The van der Waals surface area contributed by atoms with E-state index in [0.717, 1.165) is 19.3 Å². The standard InChI is InChI=1S/C13H22O/c1-4-7-12(14)13(10-11(2)3)8-5-6-9-13/h4,11H,1,5-10H2,2-3H3. The molecule has 1 fully saturated rings. The first-order valence-electron chi connectivity index (χ1n) is 5.75. The van der Waals surface area contributed by atoms with Gasteiger partial charge in [0, 0.05) is 11.8 Å². The zero-order valence-electron chi connectivity index (χ0n) is 9.51. The van der Waals surface area contributed by atoms with Gasteiger partial charge >= 0.3 is 0 Å². The highest BCUT2D eigenvalue weighted by atomic mass is 16.1. The van der Waals surface area contributed by atoms with Gasteiger partial charge < -0.3 is 0 Å². The summed E-state index contributed by atoms with van der Waals surface area (Å²) in [5.74, 6) is 1.06. The quantitative estimate of drug-likeness (QED) is 0.609. The minimum absolute atomic E-state index is 0.0162. The van der Waals surface area contributed by atoms with Crippen molar-refractivity contribution in [1.82, 2.24) is 0 Å². The lowest BCUT2D eigenvalue weighted by atomic mass is 9.74. The van der Waals surface area contributed by atoms with E-state index in [-0.39, 0.29) is 5.41 Å². The molecule has 0 aliphatic heterocycles. The van der Waals surface area contributed by atoms with Crippen molar-refractivity contribution in [2.24, 2.45) is 11.3 Å². The second kappa shape index (κ2) is 4.77. The third kappa shape index (κ3) is 2.46. The number of hydrogen-bond acceptors (Lipinski definition) is 1. The fourth-order valence-corrected chi connectivity index (χ4v) is 2.78. The maximum absolute atomic E-state index is 12.0. The summed E-state index contributed by atoms with van der Waals surface area (Å²) in [6.45, 7) is 8.08. The van der Waals surface area contributed by atoms with Gasteiger partial charge in [0.05, 0.1) is 0 Å². The van der Waals surface area contributed by atoms with Gasteiger partial charge in [-0.2, -0.15) is 0 Å². The van der Waals surface area contributed by atoms with Gasteiger partial charge in [-0.1, -0.05) is 32.8 Å². The summed E-state index contributed by atoms with van der Waals surface area (Å²) >= 11 is 0. The maximum atomic E-state index is 12.0. The molecule has 0 radical (unpaired) electrons. The first-order chi connectivity index (χ1) is 6.60. The van der Waals surface area contributed by atoms with E-state index >= 15 is 0 Å². The van der Waals surface area contributed by atoms with E-state index < -0.39 is 0 Å². The Morgan fingerprint density at radius 3 is 2.43 bits per heavy atom. The zero-order chi connectivity index (χ0) is 10.6. The Labute approximate surface area is 87.6 Å². The van der Waals surface area contributed by atoms with Crippen molar-refractivity contribution in [3.05, 3.63) is 12.7 Å². The molecule has 1 aliphatic carbocycles. The Morgan fingerprint density at radius 1 is 1.43 bits per heavy atom. The SMILES string of the molecule is C=CCC(=O)C1(CC(C)C)CCCC1. The highest BCUT2D eigenvalue weighted by molar-refractivity contribution is 5.86. The van der Waals surface area contributed by atoms with Gasteiger partial charge in [-0.3, -0.25) is 4.79 Å². The van der Waals surface area contributed by atoms with Crippen LogP contribution in [0.4, 0.5) is 0 Å². The molecule has 14 heavy (non-hydrogen) atoms. The molecule has 1 aliphatic rings. The van der Waals surface area contributed by atoms with Crippen LogP contribution in [0.3, 0.4) is 0 Å². The molecule has 1 rings (SSSR count). The summed E-state index contributed by atoms with van der Waals surface area (Å²) in [5, 5.41) is 0. The third-order valence-corrected chi connectivity index (χ3v) is 3.28. The number of rotatable bonds is 5. The van der Waals surface area contributed by atoms with Crippen LogP contribution >= 0.6 is 0 Å². The molecule has 0 spiro atoms. The smallest absolute Gasteiger partial charge is 0.142 e. The van der Waals surface area contributed by atoms with E-state index in [1.54, 1.807) is 6.08 Å². The van der Waals surface area contributed by atoms with Crippen LogP contribution in [0.5, 0.6) is 0 Å². The number of ketones is 1. The number of carbonyl (C=O) groups excluding carboxylic acids is 1. The highest BCUT2D eigenvalue weighted by Crippen LogP contribution is 2.44. The van der Waals surface area contributed by atoms with Crippen LogP contribution in [0, 0.1) is 11.3 Å². The van der Waals surface area contributed by atoms with Crippen LogP contribution in [0.15, 0.2) is 12.7 Å². The molecule has 1 saturated carbocycles. The molecule has 0 amide bonds. The van der Waals surface area contributed by atoms with Gasteiger partial charge in [0.2, 0.25) is 0 Å². The first-order valence-corrected chi connectivity index (χ1v) is 5.75. The van der Waals surface area contributed by atoms with Crippen LogP contribution in [-0.2, 0) is 4.79 Å². The molecule has 80 valence electrons. The van der Waals surface area contributed by atoms with E-state index in [4.69, 9.17) is 0 Å². The Bertz CT molecular complexity index is 209. The van der Waals surface area contributed by atoms with Gasteiger partial charge in [0.15, 0.2) is 0 Å². The van der Waals surface area contributed by atoms with Gasteiger partial charge in [-0.25, -0.2) is 0 Å². The molecule has 0 N–H and O–H groups in total. The minimum Gasteiger partial charge on any atom is -0.299 e. The second-order valence-electron chi connectivity index (χ2n) is 5.00. The molecule has 0 aromatic heterocycles. The fourth-order valence-electron chi connectivity index (χ4n) is 2.78. The summed E-state index contributed by atoms with van der Waals surface area (Å²) in [6, 6.07) is 0. The normalized spacial score (nSPS) is 19.9. The van der Waals surface area contributed by atoms with Crippen LogP contribution in [-0.4, -0.2) is 5.78 Å². The lowest BCUT2D eigenvalue weighted by Crippen LogP contribution is -2.29. The average molecular weight is 194 g/mol.